The van der Waals surface area contributed by atoms with Crippen LogP contribution in [0.15, 0.2) is 175 Å². The fourth-order valence-electron chi connectivity index (χ4n) is 9.44. The van der Waals surface area contributed by atoms with E-state index in [0.29, 0.717) is 11.8 Å². The Morgan fingerprint density at radius 1 is 0.686 bits per heavy atom. The molecule has 0 bridgehead atoms. The molecule has 9 rings (SSSR count). The standard InChI is InChI=1S/C49H44N2/c1-7-36-37-19-11-14-22-42(37)48(3,4)44(36)29-32(2)50(35-25-27-39-38-20-12-15-23-43(38)49(5,6)45(39)31-35)34-26-28-47-41(30-34)40-21-13-16-24-46(40)51(47)33-17-9-8-10-18-33/h7-31,37,42H,2H2,1,3-6H3/b36-7-,44-29+. The second-order valence-electron chi connectivity index (χ2n) is 15.5. The Bertz CT molecular complexity index is 2510. The Morgan fingerprint density at radius 3 is 2.18 bits per heavy atom. The number of hydrogen-bond donors (Lipinski definition) is 0. The molecule has 3 aliphatic rings. The second kappa shape index (κ2) is 11.5. The van der Waals surface area contributed by atoms with Crippen molar-refractivity contribution in [2.45, 2.75) is 40.0 Å². The summed E-state index contributed by atoms with van der Waals surface area (Å²) in [6, 6.07) is 42.3. The summed E-state index contributed by atoms with van der Waals surface area (Å²) in [4.78, 5) is 2.39. The molecule has 0 saturated heterocycles. The van der Waals surface area contributed by atoms with E-state index in [1.54, 1.807) is 0 Å². The van der Waals surface area contributed by atoms with Gasteiger partial charge in [-0.3, -0.25) is 0 Å². The number of allylic oxidation sites excluding steroid dienone is 8. The van der Waals surface area contributed by atoms with Crippen LogP contribution in [0.25, 0.3) is 38.6 Å². The lowest BCUT2D eigenvalue weighted by Gasteiger charge is -2.31. The van der Waals surface area contributed by atoms with Gasteiger partial charge in [0.15, 0.2) is 0 Å². The zero-order valence-corrected chi connectivity index (χ0v) is 30.2. The van der Waals surface area contributed by atoms with E-state index in [2.05, 4.69) is 196 Å². The predicted octanol–water partition coefficient (Wildman–Crippen LogP) is 13.0. The van der Waals surface area contributed by atoms with Gasteiger partial charge >= 0.3 is 0 Å². The molecule has 3 aliphatic carbocycles. The number of rotatable bonds is 5. The monoisotopic (exact) mass is 660 g/mol. The molecule has 0 aliphatic heterocycles. The van der Waals surface area contributed by atoms with E-state index in [-0.39, 0.29) is 10.8 Å². The molecular formula is C49H44N2. The first kappa shape index (κ1) is 31.4. The third kappa shape index (κ3) is 4.62. The van der Waals surface area contributed by atoms with Crippen molar-refractivity contribution in [1.29, 1.82) is 0 Å². The van der Waals surface area contributed by atoms with Gasteiger partial charge in [-0.05, 0) is 106 Å². The summed E-state index contributed by atoms with van der Waals surface area (Å²) >= 11 is 0. The van der Waals surface area contributed by atoms with Crippen LogP contribution >= 0.6 is 0 Å². The van der Waals surface area contributed by atoms with Crippen LogP contribution in [0.3, 0.4) is 0 Å². The van der Waals surface area contributed by atoms with E-state index >= 15 is 0 Å². The molecule has 2 atom stereocenters. The fourth-order valence-corrected chi connectivity index (χ4v) is 9.44. The first-order valence-corrected chi connectivity index (χ1v) is 18.3. The van der Waals surface area contributed by atoms with Crippen molar-refractivity contribution >= 4 is 33.2 Å². The lowest BCUT2D eigenvalue weighted by atomic mass is 9.75. The number of nitrogens with zero attached hydrogens (tertiary/aromatic N) is 2. The molecule has 1 fully saturated rings. The van der Waals surface area contributed by atoms with Gasteiger partial charge in [0.1, 0.15) is 0 Å². The van der Waals surface area contributed by atoms with Crippen molar-refractivity contribution < 1.29 is 0 Å². The lowest BCUT2D eigenvalue weighted by Crippen LogP contribution is -2.22. The fraction of sp³-hybridized carbons (Fsp3) is 0.184. The number of hydrogen-bond acceptors (Lipinski definition) is 1. The number of fused-ring (bicyclic) bond motifs is 7. The van der Waals surface area contributed by atoms with Gasteiger partial charge in [-0.15, -0.1) is 0 Å². The van der Waals surface area contributed by atoms with Gasteiger partial charge in [0.2, 0.25) is 0 Å². The van der Waals surface area contributed by atoms with Crippen LogP contribution in [-0.4, -0.2) is 4.57 Å². The Labute approximate surface area is 302 Å². The van der Waals surface area contributed by atoms with Crippen molar-refractivity contribution in [1.82, 2.24) is 4.57 Å². The van der Waals surface area contributed by atoms with Gasteiger partial charge in [-0.2, -0.15) is 0 Å². The van der Waals surface area contributed by atoms with Gasteiger partial charge in [0.25, 0.3) is 0 Å². The van der Waals surface area contributed by atoms with Crippen molar-refractivity contribution in [3.63, 3.8) is 0 Å². The van der Waals surface area contributed by atoms with Crippen LogP contribution in [0.5, 0.6) is 0 Å². The Balaban J connectivity index is 1.25. The molecule has 51 heavy (non-hydrogen) atoms. The summed E-state index contributed by atoms with van der Waals surface area (Å²) in [6.07, 6.45) is 13.9. The summed E-state index contributed by atoms with van der Waals surface area (Å²) in [5, 5.41) is 2.46. The molecule has 0 spiro atoms. The Kier molecular flexibility index (Phi) is 7.06. The maximum absolute atomic E-state index is 4.87. The van der Waals surface area contributed by atoms with Crippen LogP contribution in [-0.2, 0) is 5.41 Å². The molecule has 2 nitrogen and oxygen atoms in total. The van der Waals surface area contributed by atoms with E-state index in [1.807, 2.05) is 0 Å². The van der Waals surface area contributed by atoms with Crippen LogP contribution in [0.1, 0.15) is 45.7 Å². The van der Waals surface area contributed by atoms with Crippen molar-refractivity contribution in [3.8, 4) is 16.8 Å². The van der Waals surface area contributed by atoms with Crippen molar-refractivity contribution in [2.24, 2.45) is 17.3 Å². The third-order valence-corrected chi connectivity index (χ3v) is 12.0. The molecule has 6 aromatic rings. The molecule has 1 heterocycles. The van der Waals surface area contributed by atoms with Gasteiger partial charge in [-0.25, -0.2) is 0 Å². The van der Waals surface area contributed by atoms with E-state index in [1.165, 1.54) is 55.2 Å². The molecule has 1 aromatic heterocycles. The van der Waals surface area contributed by atoms with Gasteiger partial charge in [-0.1, -0.05) is 131 Å². The number of benzene rings is 5. The zero-order valence-electron chi connectivity index (χ0n) is 30.2. The lowest BCUT2D eigenvalue weighted by molar-refractivity contribution is 0.333. The summed E-state index contributed by atoms with van der Waals surface area (Å²) in [5.74, 6) is 0.795. The normalized spacial score (nSPS) is 21.0. The van der Waals surface area contributed by atoms with E-state index in [4.69, 9.17) is 6.58 Å². The second-order valence-corrected chi connectivity index (χ2v) is 15.5. The van der Waals surface area contributed by atoms with E-state index in [9.17, 15) is 0 Å². The average molecular weight is 661 g/mol. The number of aromatic nitrogens is 1. The first-order valence-electron chi connectivity index (χ1n) is 18.3. The minimum Gasteiger partial charge on any atom is -0.311 e. The summed E-state index contributed by atoms with van der Waals surface area (Å²) in [5.41, 5.74) is 14.7. The topological polar surface area (TPSA) is 8.17 Å². The van der Waals surface area contributed by atoms with Crippen LogP contribution in [0.4, 0.5) is 11.4 Å². The molecule has 2 unspecified atom stereocenters. The molecule has 250 valence electrons. The first-order chi connectivity index (χ1) is 24.7. The van der Waals surface area contributed by atoms with E-state index in [0.717, 1.165) is 22.8 Å². The number of para-hydroxylation sites is 2. The van der Waals surface area contributed by atoms with Crippen LogP contribution < -0.4 is 4.90 Å². The highest BCUT2D eigenvalue weighted by molar-refractivity contribution is 6.10. The van der Waals surface area contributed by atoms with Crippen LogP contribution in [0, 0.1) is 17.3 Å². The molecule has 1 saturated carbocycles. The molecular weight excluding hydrogens is 617 g/mol. The molecule has 0 amide bonds. The highest BCUT2D eigenvalue weighted by atomic mass is 15.1. The predicted molar refractivity (Wildman–Crippen MR) is 217 cm³/mol. The molecule has 0 N–H and O–H groups in total. The van der Waals surface area contributed by atoms with Gasteiger partial charge in [0.05, 0.1) is 11.0 Å². The summed E-state index contributed by atoms with van der Waals surface area (Å²) in [7, 11) is 0. The maximum Gasteiger partial charge on any atom is 0.0542 e. The largest absolute Gasteiger partial charge is 0.311 e. The SMILES string of the molecule is C=C(/C=C1\C(=C/C)C2C=CC=CC2C1(C)C)N(c1ccc2c(c1)C(C)(C)c1ccccc1-2)c1ccc2c(c1)c1ccccc1n2-c1ccccc1. The molecule has 2 heteroatoms. The highest BCUT2D eigenvalue weighted by Gasteiger charge is 2.46. The zero-order chi connectivity index (χ0) is 35.1. The Hall–Kier alpha value is -5.60. The highest BCUT2D eigenvalue weighted by Crippen LogP contribution is 2.56. The molecule has 5 aromatic carbocycles. The average Bonchev–Trinajstić information content (AvgIpc) is 3.68. The number of anilines is 2. The smallest absolute Gasteiger partial charge is 0.0542 e. The van der Waals surface area contributed by atoms with Gasteiger partial charge in [0, 0.05) is 44.9 Å². The molecule has 0 radical (unpaired) electrons. The van der Waals surface area contributed by atoms with E-state index < -0.39 is 0 Å². The van der Waals surface area contributed by atoms with Crippen molar-refractivity contribution in [2.75, 3.05) is 4.90 Å². The third-order valence-electron chi connectivity index (χ3n) is 12.0. The Morgan fingerprint density at radius 2 is 1.35 bits per heavy atom. The maximum atomic E-state index is 4.87. The van der Waals surface area contributed by atoms with Gasteiger partial charge < -0.3 is 9.47 Å². The quantitative estimate of drug-likeness (QED) is 0.179. The van der Waals surface area contributed by atoms with Crippen LogP contribution in [0.2, 0.25) is 0 Å². The summed E-state index contributed by atoms with van der Waals surface area (Å²) < 4.78 is 2.38. The minimum atomic E-state index is -0.111. The van der Waals surface area contributed by atoms with Crippen molar-refractivity contribution in [3.05, 3.63) is 186 Å². The summed E-state index contributed by atoms with van der Waals surface area (Å²) in [6.45, 7) is 16.6. The minimum absolute atomic E-state index is 0.0446.